The van der Waals surface area contributed by atoms with E-state index < -0.39 is 10.0 Å². The summed E-state index contributed by atoms with van der Waals surface area (Å²) in [7, 11) is -3.45. The molecule has 1 saturated heterocycles. The highest BCUT2D eigenvalue weighted by atomic mass is 32.2. The Morgan fingerprint density at radius 2 is 2.16 bits per heavy atom. The number of H-pyrrole nitrogens is 1. The lowest BCUT2D eigenvalue weighted by atomic mass is 10.4. The summed E-state index contributed by atoms with van der Waals surface area (Å²) >= 11 is 0. The lowest BCUT2D eigenvalue weighted by molar-refractivity contribution is 0.0390. The summed E-state index contributed by atoms with van der Waals surface area (Å²) in [6.45, 7) is 4.51. The molecule has 8 heteroatoms. The summed E-state index contributed by atoms with van der Waals surface area (Å²) in [5.74, 6) is 0. The van der Waals surface area contributed by atoms with E-state index in [9.17, 15) is 8.42 Å². The van der Waals surface area contributed by atoms with Crippen molar-refractivity contribution in [3.8, 4) is 0 Å². The molecule has 1 aliphatic rings. The highest BCUT2D eigenvalue weighted by Gasteiger charge is 2.16. The Balaban J connectivity index is 1.83. The minimum absolute atomic E-state index is 0.231. The molecule has 1 aromatic heterocycles. The normalized spacial score (nSPS) is 17.7. The molecule has 0 unspecified atom stereocenters. The van der Waals surface area contributed by atoms with Gasteiger partial charge in [0.1, 0.15) is 0 Å². The van der Waals surface area contributed by atoms with E-state index in [2.05, 4.69) is 14.6 Å². The van der Waals surface area contributed by atoms with Crippen molar-refractivity contribution < 1.29 is 13.2 Å². The first-order valence-electron chi connectivity index (χ1n) is 6.29. The first-order chi connectivity index (χ1) is 9.12. The van der Waals surface area contributed by atoms with Gasteiger partial charge in [-0.25, -0.2) is 13.1 Å². The van der Waals surface area contributed by atoms with Crippen LogP contribution < -0.4 is 10.5 Å². The molecular weight excluding hydrogens is 268 g/mol. The van der Waals surface area contributed by atoms with Gasteiger partial charge in [0.25, 0.3) is 0 Å². The first-order valence-corrected chi connectivity index (χ1v) is 7.77. The molecule has 0 aromatic carbocycles. The zero-order chi connectivity index (χ0) is 13.7. The maximum absolute atomic E-state index is 12.0. The Bertz CT molecular complexity index is 494. The maximum Gasteiger partial charge on any atom is 0.242 e. The van der Waals surface area contributed by atoms with E-state index >= 15 is 0 Å². The van der Waals surface area contributed by atoms with Gasteiger partial charge >= 0.3 is 0 Å². The molecule has 7 nitrogen and oxygen atoms in total. The molecule has 0 atom stereocenters. The summed E-state index contributed by atoms with van der Waals surface area (Å²) in [4.78, 5) is 5.24. The highest BCUT2D eigenvalue weighted by Crippen LogP contribution is 2.09. The first kappa shape index (κ1) is 14.5. The van der Waals surface area contributed by atoms with Crippen molar-refractivity contribution in [3.05, 3.63) is 18.0 Å². The van der Waals surface area contributed by atoms with Gasteiger partial charge in [-0.3, -0.25) is 4.90 Å². The number of hydrogen-bond acceptors (Lipinski definition) is 5. The largest absolute Gasteiger partial charge is 0.379 e. The average molecular weight is 288 g/mol. The quantitative estimate of drug-likeness (QED) is 0.629. The van der Waals surface area contributed by atoms with Crippen LogP contribution in [0.2, 0.25) is 0 Å². The van der Waals surface area contributed by atoms with Crippen LogP contribution in [0.15, 0.2) is 17.2 Å². The Labute approximate surface area is 113 Å². The molecule has 0 aliphatic carbocycles. The molecule has 0 spiro atoms. The zero-order valence-electron chi connectivity index (χ0n) is 10.8. The average Bonchev–Trinajstić information content (AvgIpc) is 2.89. The molecule has 0 amide bonds. The van der Waals surface area contributed by atoms with E-state index in [1.54, 1.807) is 6.07 Å². The molecule has 2 rings (SSSR count). The molecule has 4 N–H and O–H groups in total. The van der Waals surface area contributed by atoms with Crippen LogP contribution in [-0.2, 0) is 21.3 Å². The number of sulfonamides is 1. The number of aromatic nitrogens is 1. The van der Waals surface area contributed by atoms with Crippen LogP contribution in [0, 0.1) is 0 Å². The van der Waals surface area contributed by atoms with Gasteiger partial charge in [0, 0.05) is 44.6 Å². The van der Waals surface area contributed by atoms with E-state index in [4.69, 9.17) is 10.5 Å². The minimum atomic E-state index is -3.45. The van der Waals surface area contributed by atoms with Crippen molar-refractivity contribution in [2.24, 2.45) is 5.73 Å². The molecule has 1 fully saturated rings. The van der Waals surface area contributed by atoms with Crippen molar-refractivity contribution in [1.82, 2.24) is 14.6 Å². The standard InChI is InChI=1S/C11H20N4O3S/c12-8-10-7-11(9-13-10)19(16,17)14-1-2-15-3-5-18-6-4-15/h7,9,13-14H,1-6,8,12H2. The lowest BCUT2D eigenvalue weighted by Crippen LogP contribution is -2.41. The summed E-state index contributed by atoms with van der Waals surface area (Å²) in [5.41, 5.74) is 6.14. The van der Waals surface area contributed by atoms with E-state index in [-0.39, 0.29) is 4.90 Å². The number of aromatic amines is 1. The fourth-order valence-electron chi connectivity index (χ4n) is 1.94. The molecule has 0 saturated carbocycles. The third-order valence-electron chi connectivity index (χ3n) is 3.07. The number of ether oxygens (including phenoxy) is 1. The monoisotopic (exact) mass is 288 g/mol. The number of nitrogens with zero attached hydrogens (tertiary/aromatic N) is 1. The summed E-state index contributed by atoms with van der Waals surface area (Å²) in [6.07, 6.45) is 1.46. The van der Waals surface area contributed by atoms with E-state index in [1.807, 2.05) is 0 Å². The van der Waals surface area contributed by atoms with E-state index in [0.717, 1.165) is 13.1 Å². The molecule has 2 heterocycles. The van der Waals surface area contributed by atoms with Gasteiger partial charge in [0.05, 0.1) is 18.1 Å². The van der Waals surface area contributed by atoms with Crippen molar-refractivity contribution in [3.63, 3.8) is 0 Å². The topological polar surface area (TPSA) is 100 Å². The Kier molecular flexibility index (Phi) is 4.94. The zero-order valence-corrected chi connectivity index (χ0v) is 11.6. The van der Waals surface area contributed by atoms with E-state index in [0.29, 0.717) is 38.5 Å². The van der Waals surface area contributed by atoms with Crippen LogP contribution in [-0.4, -0.2) is 57.7 Å². The van der Waals surface area contributed by atoms with Gasteiger partial charge in [0.15, 0.2) is 0 Å². The summed E-state index contributed by atoms with van der Waals surface area (Å²) in [6, 6.07) is 1.55. The SMILES string of the molecule is NCc1cc(S(=O)(=O)NCCN2CCOCC2)c[nH]1. The van der Waals surface area contributed by atoms with Crippen LogP contribution in [0.4, 0.5) is 0 Å². The van der Waals surface area contributed by atoms with Crippen LogP contribution in [0.1, 0.15) is 5.69 Å². The molecular formula is C11H20N4O3S. The molecule has 1 aliphatic heterocycles. The van der Waals surface area contributed by atoms with Crippen LogP contribution in [0.5, 0.6) is 0 Å². The van der Waals surface area contributed by atoms with Gasteiger partial charge in [-0.2, -0.15) is 0 Å². The third-order valence-corrected chi connectivity index (χ3v) is 4.51. The summed E-state index contributed by atoms with van der Waals surface area (Å²) in [5, 5.41) is 0. The van der Waals surface area contributed by atoms with Crippen molar-refractivity contribution in [2.45, 2.75) is 11.4 Å². The number of hydrogen-bond donors (Lipinski definition) is 3. The van der Waals surface area contributed by atoms with Crippen LogP contribution in [0.25, 0.3) is 0 Å². The third kappa shape index (κ3) is 4.02. The van der Waals surface area contributed by atoms with E-state index in [1.165, 1.54) is 6.20 Å². The van der Waals surface area contributed by atoms with Crippen LogP contribution >= 0.6 is 0 Å². The predicted octanol–water partition coefficient (Wildman–Crippen LogP) is -0.916. The highest BCUT2D eigenvalue weighted by molar-refractivity contribution is 7.89. The van der Waals surface area contributed by atoms with Crippen molar-refractivity contribution >= 4 is 10.0 Å². The Hall–Kier alpha value is -0.930. The van der Waals surface area contributed by atoms with Gasteiger partial charge in [-0.15, -0.1) is 0 Å². The van der Waals surface area contributed by atoms with Gasteiger partial charge in [-0.1, -0.05) is 0 Å². The van der Waals surface area contributed by atoms with Gasteiger partial charge in [-0.05, 0) is 6.07 Å². The Morgan fingerprint density at radius 3 is 2.79 bits per heavy atom. The molecule has 19 heavy (non-hydrogen) atoms. The summed E-state index contributed by atoms with van der Waals surface area (Å²) < 4.78 is 31.8. The van der Waals surface area contributed by atoms with Gasteiger partial charge < -0.3 is 15.5 Å². The molecule has 0 bridgehead atoms. The fourth-order valence-corrected chi connectivity index (χ4v) is 2.98. The van der Waals surface area contributed by atoms with Crippen LogP contribution in [0.3, 0.4) is 0 Å². The van der Waals surface area contributed by atoms with Crippen molar-refractivity contribution in [1.29, 1.82) is 0 Å². The maximum atomic E-state index is 12.0. The Morgan fingerprint density at radius 1 is 1.42 bits per heavy atom. The van der Waals surface area contributed by atoms with Crippen molar-refractivity contribution in [2.75, 3.05) is 39.4 Å². The minimum Gasteiger partial charge on any atom is -0.379 e. The smallest absolute Gasteiger partial charge is 0.242 e. The van der Waals surface area contributed by atoms with Gasteiger partial charge in [0.2, 0.25) is 10.0 Å². The molecule has 1 aromatic rings. The molecule has 108 valence electrons. The second-order valence-electron chi connectivity index (χ2n) is 4.42. The lowest BCUT2D eigenvalue weighted by Gasteiger charge is -2.26. The number of nitrogens with one attached hydrogen (secondary N) is 2. The number of rotatable bonds is 6. The number of morpholine rings is 1. The number of nitrogens with two attached hydrogens (primary N) is 1. The second kappa shape index (κ2) is 6.49. The molecule has 0 radical (unpaired) electrons. The fraction of sp³-hybridized carbons (Fsp3) is 0.636. The predicted molar refractivity (Wildman–Crippen MR) is 71.1 cm³/mol. The second-order valence-corrected chi connectivity index (χ2v) is 6.18.